The zero-order chi connectivity index (χ0) is 9.38. The lowest BCUT2D eigenvalue weighted by Crippen LogP contribution is -2.36. The predicted molar refractivity (Wildman–Crippen MR) is 55.1 cm³/mol. The first-order valence-electron chi connectivity index (χ1n) is 5.66. The SMILES string of the molecule is c1cnn(C2CCN(C3CC3)CC2)c1. The number of hydrogen-bond donors (Lipinski definition) is 0. The topological polar surface area (TPSA) is 21.1 Å². The van der Waals surface area contributed by atoms with Gasteiger partial charge in [0.25, 0.3) is 0 Å². The molecule has 0 radical (unpaired) electrons. The molecule has 0 bridgehead atoms. The van der Waals surface area contributed by atoms with Crippen molar-refractivity contribution in [2.45, 2.75) is 37.8 Å². The van der Waals surface area contributed by atoms with Crippen LogP contribution < -0.4 is 0 Å². The van der Waals surface area contributed by atoms with Gasteiger partial charge in [-0.1, -0.05) is 0 Å². The van der Waals surface area contributed by atoms with Crippen LogP contribution in [0, 0.1) is 0 Å². The van der Waals surface area contributed by atoms with E-state index in [2.05, 4.69) is 20.9 Å². The molecule has 1 saturated carbocycles. The lowest BCUT2D eigenvalue weighted by molar-refractivity contribution is 0.172. The van der Waals surface area contributed by atoms with E-state index in [9.17, 15) is 0 Å². The highest BCUT2D eigenvalue weighted by molar-refractivity contribution is 4.89. The molecule has 0 unspecified atom stereocenters. The van der Waals surface area contributed by atoms with E-state index in [-0.39, 0.29) is 0 Å². The van der Waals surface area contributed by atoms with Crippen LogP contribution >= 0.6 is 0 Å². The maximum atomic E-state index is 4.32. The van der Waals surface area contributed by atoms with Gasteiger partial charge >= 0.3 is 0 Å². The zero-order valence-corrected chi connectivity index (χ0v) is 8.47. The Hall–Kier alpha value is -0.830. The van der Waals surface area contributed by atoms with E-state index in [1.165, 1.54) is 38.8 Å². The molecule has 0 spiro atoms. The number of rotatable bonds is 2. The molecule has 2 fully saturated rings. The summed E-state index contributed by atoms with van der Waals surface area (Å²) in [7, 11) is 0. The average Bonchev–Trinajstić information content (AvgIpc) is 2.94. The van der Waals surface area contributed by atoms with Crippen LogP contribution in [0.15, 0.2) is 18.5 Å². The van der Waals surface area contributed by atoms with Crippen molar-refractivity contribution >= 4 is 0 Å². The molecule has 0 atom stereocenters. The Labute approximate surface area is 84.7 Å². The summed E-state index contributed by atoms with van der Waals surface area (Å²) in [5, 5.41) is 4.32. The summed E-state index contributed by atoms with van der Waals surface area (Å²) in [6.07, 6.45) is 9.40. The minimum absolute atomic E-state index is 0.653. The van der Waals surface area contributed by atoms with Crippen LogP contribution in [0.4, 0.5) is 0 Å². The maximum Gasteiger partial charge on any atom is 0.0543 e. The van der Waals surface area contributed by atoms with Crippen molar-refractivity contribution in [3.8, 4) is 0 Å². The van der Waals surface area contributed by atoms with Crippen molar-refractivity contribution in [1.82, 2.24) is 14.7 Å². The molecule has 2 heterocycles. The molecule has 76 valence electrons. The van der Waals surface area contributed by atoms with E-state index in [0.717, 1.165) is 6.04 Å². The largest absolute Gasteiger partial charge is 0.300 e. The fourth-order valence-electron chi connectivity index (χ4n) is 2.45. The lowest BCUT2D eigenvalue weighted by atomic mass is 10.1. The Morgan fingerprint density at radius 2 is 1.79 bits per heavy atom. The van der Waals surface area contributed by atoms with Crippen molar-refractivity contribution in [2.24, 2.45) is 0 Å². The monoisotopic (exact) mass is 191 g/mol. The second-order valence-electron chi connectivity index (χ2n) is 4.48. The van der Waals surface area contributed by atoms with E-state index in [1.54, 1.807) is 0 Å². The highest BCUT2D eigenvalue weighted by Gasteiger charge is 2.32. The number of nitrogens with zero attached hydrogens (tertiary/aromatic N) is 3. The molecule has 3 rings (SSSR count). The zero-order valence-electron chi connectivity index (χ0n) is 8.47. The van der Waals surface area contributed by atoms with E-state index >= 15 is 0 Å². The normalized spacial score (nSPS) is 25.4. The average molecular weight is 191 g/mol. The van der Waals surface area contributed by atoms with Crippen LogP contribution in [0.25, 0.3) is 0 Å². The Morgan fingerprint density at radius 3 is 2.36 bits per heavy atom. The number of piperidine rings is 1. The van der Waals surface area contributed by atoms with Crippen molar-refractivity contribution in [3.05, 3.63) is 18.5 Å². The van der Waals surface area contributed by atoms with E-state index in [0.29, 0.717) is 6.04 Å². The molecule has 2 aliphatic rings. The second-order valence-corrected chi connectivity index (χ2v) is 4.48. The van der Waals surface area contributed by atoms with Crippen molar-refractivity contribution < 1.29 is 0 Å². The standard InChI is InChI=1S/C11H17N3/c1-6-12-14(7-1)11-4-8-13(9-5-11)10-2-3-10/h1,6-7,10-11H,2-5,8-9H2. The van der Waals surface area contributed by atoms with Gasteiger partial charge < -0.3 is 4.90 Å². The molecule has 3 nitrogen and oxygen atoms in total. The van der Waals surface area contributed by atoms with Crippen LogP contribution in [-0.2, 0) is 0 Å². The van der Waals surface area contributed by atoms with Gasteiger partial charge in [0.15, 0.2) is 0 Å². The summed E-state index contributed by atoms with van der Waals surface area (Å²) in [6, 6.07) is 3.61. The van der Waals surface area contributed by atoms with Gasteiger partial charge in [-0.2, -0.15) is 5.10 Å². The number of hydrogen-bond acceptors (Lipinski definition) is 2. The van der Waals surface area contributed by atoms with Gasteiger partial charge in [-0.05, 0) is 31.7 Å². The fraction of sp³-hybridized carbons (Fsp3) is 0.727. The number of aromatic nitrogens is 2. The first-order valence-corrected chi connectivity index (χ1v) is 5.66. The Bertz CT molecular complexity index is 281. The Morgan fingerprint density at radius 1 is 1.00 bits per heavy atom. The van der Waals surface area contributed by atoms with Crippen molar-refractivity contribution in [2.75, 3.05) is 13.1 Å². The Kier molecular flexibility index (Phi) is 2.05. The molecule has 1 aromatic heterocycles. The molecule has 0 aromatic carbocycles. The van der Waals surface area contributed by atoms with Crippen molar-refractivity contribution in [1.29, 1.82) is 0 Å². The summed E-state index contributed by atoms with van der Waals surface area (Å²) < 4.78 is 2.13. The van der Waals surface area contributed by atoms with Gasteiger partial charge in [0.05, 0.1) is 6.04 Å². The fourth-order valence-corrected chi connectivity index (χ4v) is 2.45. The first kappa shape index (κ1) is 8.48. The molecular formula is C11H17N3. The summed E-state index contributed by atoms with van der Waals surface area (Å²) >= 11 is 0. The lowest BCUT2D eigenvalue weighted by Gasteiger charge is -2.31. The smallest absolute Gasteiger partial charge is 0.0543 e. The van der Waals surface area contributed by atoms with Gasteiger partial charge in [-0.3, -0.25) is 4.68 Å². The molecule has 0 N–H and O–H groups in total. The molecule has 1 aliphatic heterocycles. The van der Waals surface area contributed by atoms with E-state index in [1.807, 2.05) is 12.3 Å². The molecular weight excluding hydrogens is 174 g/mol. The van der Waals surface area contributed by atoms with Crippen LogP contribution in [0.5, 0.6) is 0 Å². The maximum absolute atomic E-state index is 4.32. The second kappa shape index (κ2) is 3.39. The summed E-state index contributed by atoms with van der Waals surface area (Å²) in [4.78, 5) is 2.65. The van der Waals surface area contributed by atoms with E-state index in [4.69, 9.17) is 0 Å². The van der Waals surface area contributed by atoms with E-state index < -0.39 is 0 Å². The highest BCUT2D eigenvalue weighted by atomic mass is 15.3. The summed E-state index contributed by atoms with van der Waals surface area (Å²) in [5.74, 6) is 0. The molecule has 1 aromatic rings. The summed E-state index contributed by atoms with van der Waals surface area (Å²) in [5.41, 5.74) is 0. The third-order valence-electron chi connectivity index (χ3n) is 3.46. The summed E-state index contributed by atoms with van der Waals surface area (Å²) in [6.45, 7) is 2.55. The Balaban J connectivity index is 1.59. The molecule has 14 heavy (non-hydrogen) atoms. The molecule has 3 heteroatoms. The molecule has 1 aliphatic carbocycles. The first-order chi connectivity index (χ1) is 6.93. The molecule has 1 saturated heterocycles. The van der Waals surface area contributed by atoms with Gasteiger partial charge in [0, 0.05) is 31.5 Å². The number of likely N-dealkylation sites (tertiary alicyclic amines) is 1. The van der Waals surface area contributed by atoms with Crippen LogP contribution in [0.2, 0.25) is 0 Å². The quantitative estimate of drug-likeness (QED) is 0.709. The molecule has 0 amide bonds. The van der Waals surface area contributed by atoms with Crippen LogP contribution in [0.3, 0.4) is 0 Å². The highest BCUT2D eigenvalue weighted by Crippen LogP contribution is 2.31. The third kappa shape index (κ3) is 1.57. The van der Waals surface area contributed by atoms with Crippen LogP contribution in [0.1, 0.15) is 31.7 Å². The van der Waals surface area contributed by atoms with Gasteiger partial charge in [0.2, 0.25) is 0 Å². The minimum atomic E-state index is 0.653. The van der Waals surface area contributed by atoms with Gasteiger partial charge in [0.1, 0.15) is 0 Å². The van der Waals surface area contributed by atoms with Crippen LogP contribution in [-0.4, -0.2) is 33.8 Å². The minimum Gasteiger partial charge on any atom is -0.300 e. The predicted octanol–water partition coefficient (Wildman–Crippen LogP) is 1.68. The van der Waals surface area contributed by atoms with Gasteiger partial charge in [-0.25, -0.2) is 0 Å². The third-order valence-corrected chi connectivity index (χ3v) is 3.46. The van der Waals surface area contributed by atoms with Gasteiger partial charge in [-0.15, -0.1) is 0 Å². The van der Waals surface area contributed by atoms with Crippen molar-refractivity contribution in [3.63, 3.8) is 0 Å².